The Labute approximate surface area is 115 Å². The van der Waals surface area contributed by atoms with Gasteiger partial charge in [-0.2, -0.15) is 16.7 Å². The fraction of sp³-hybridized carbons (Fsp3) is 0.545. The lowest BCUT2D eigenvalue weighted by Crippen LogP contribution is -2.49. The molecule has 1 aliphatic rings. The first-order valence-electron chi connectivity index (χ1n) is 5.98. The van der Waals surface area contributed by atoms with E-state index in [4.69, 9.17) is 5.73 Å². The van der Waals surface area contributed by atoms with Crippen molar-refractivity contribution in [1.29, 1.82) is 0 Å². The number of hydrogen-bond donors (Lipinski definition) is 2. The predicted molar refractivity (Wildman–Crippen MR) is 76.4 cm³/mol. The Bertz CT molecular complexity index is 510. The summed E-state index contributed by atoms with van der Waals surface area (Å²) in [5, 5.41) is 0. The van der Waals surface area contributed by atoms with E-state index in [0.717, 1.165) is 0 Å². The number of rotatable bonds is 3. The molecule has 7 nitrogen and oxygen atoms in total. The van der Waals surface area contributed by atoms with Crippen molar-refractivity contribution in [1.82, 2.24) is 14.9 Å². The molecule has 19 heavy (non-hydrogen) atoms. The van der Waals surface area contributed by atoms with Crippen LogP contribution < -0.4 is 16.2 Å². The third-order valence-corrected chi connectivity index (χ3v) is 3.51. The molecule has 0 unspecified atom stereocenters. The Balaban J connectivity index is 1.99. The van der Waals surface area contributed by atoms with Crippen molar-refractivity contribution in [2.24, 2.45) is 0 Å². The highest BCUT2D eigenvalue weighted by molar-refractivity contribution is 7.99. The first-order valence-corrected chi connectivity index (χ1v) is 7.38. The van der Waals surface area contributed by atoms with Gasteiger partial charge < -0.3 is 15.5 Å². The van der Waals surface area contributed by atoms with Crippen molar-refractivity contribution >= 4 is 29.4 Å². The summed E-state index contributed by atoms with van der Waals surface area (Å²) < 4.78 is 0. The molecule has 0 bridgehead atoms. The quantitative estimate of drug-likeness (QED) is 0.766. The van der Waals surface area contributed by atoms with Crippen molar-refractivity contribution in [3.8, 4) is 0 Å². The third-order valence-electron chi connectivity index (χ3n) is 2.97. The molecule has 1 aromatic rings. The van der Waals surface area contributed by atoms with Gasteiger partial charge in [-0.05, 0) is 6.26 Å². The molecule has 0 aromatic carbocycles. The van der Waals surface area contributed by atoms with Gasteiger partial charge in [0.25, 0.3) is 5.56 Å². The fourth-order valence-electron chi connectivity index (χ4n) is 2.02. The molecule has 8 heteroatoms. The Hall–Kier alpha value is -1.70. The van der Waals surface area contributed by atoms with Gasteiger partial charge in [-0.3, -0.25) is 14.6 Å². The van der Waals surface area contributed by atoms with Gasteiger partial charge in [-0.25, -0.2) is 0 Å². The van der Waals surface area contributed by atoms with E-state index in [9.17, 15) is 9.59 Å². The van der Waals surface area contributed by atoms with Crippen LogP contribution in [0.2, 0.25) is 0 Å². The average Bonchev–Trinajstić information content (AvgIpc) is 2.38. The Morgan fingerprint density at radius 1 is 1.47 bits per heavy atom. The summed E-state index contributed by atoms with van der Waals surface area (Å²) in [5.41, 5.74) is 5.26. The van der Waals surface area contributed by atoms with E-state index in [1.807, 2.05) is 16.1 Å². The Morgan fingerprint density at radius 2 is 2.16 bits per heavy atom. The van der Waals surface area contributed by atoms with Crippen molar-refractivity contribution in [2.75, 3.05) is 48.8 Å². The van der Waals surface area contributed by atoms with Crippen LogP contribution in [0.5, 0.6) is 0 Å². The molecular weight excluding hydrogens is 266 g/mol. The number of nitrogens with one attached hydrogen (secondary N) is 1. The van der Waals surface area contributed by atoms with Gasteiger partial charge in [0.05, 0.1) is 5.75 Å². The van der Waals surface area contributed by atoms with E-state index in [0.29, 0.717) is 37.7 Å². The van der Waals surface area contributed by atoms with Gasteiger partial charge in [-0.15, -0.1) is 0 Å². The number of amides is 1. The van der Waals surface area contributed by atoms with E-state index in [2.05, 4.69) is 9.97 Å². The van der Waals surface area contributed by atoms with Crippen LogP contribution in [-0.2, 0) is 4.79 Å². The lowest BCUT2D eigenvalue weighted by atomic mass is 10.3. The highest BCUT2D eigenvalue weighted by Gasteiger charge is 2.21. The molecular formula is C11H17N5O2S. The van der Waals surface area contributed by atoms with Crippen LogP contribution in [0, 0.1) is 0 Å². The molecule has 104 valence electrons. The number of nitrogens with zero attached hydrogens (tertiary/aromatic N) is 3. The van der Waals surface area contributed by atoms with Crippen LogP contribution in [0.25, 0.3) is 0 Å². The predicted octanol–water partition coefficient (Wildman–Crippen LogP) is -0.636. The number of nitrogen functional groups attached to an aromatic ring is 1. The summed E-state index contributed by atoms with van der Waals surface area (Å²) in [6, 6.07) is 1.43. The molecule has 0 atom stereocenters. The second kappa shape index (κ2) is 5.96. The van der Waals surface area contributed by atoms with Crippen LogP contribution in [0.15, 0.2) is 10.9 Å². The lowest BCUT2D eigenvalue weighted by Gasteiger charge is -2.35. The molecule has 3 N–H and O–H groups in total. The first kappa shape index (κ1) is 13.7. The number of nitrogens with two attached hydrogens (primary N) is 1. The molecule has 2 rings (SSSR count). The second-order valence-electron chi connectivity index (χ2n) is 4.29. The van der Waals surface area contributed by atoms with Gasteiger partial charge in [0, 0.05) is 32.2 Å². The van der Waals surface area contributed by atoms with E-state index in [1.165, 1.54) is 17.8 Å². The summed E-state index contributed by atoms with van der Waals surface area (Å²) in [5.74, 6) is 1.35. The number of anilines is 2. The molecule has 0 saturated carbocycles. The first-order chi connectivity index (χ1) is 9.10. The normalized spacial score (nSPS) is 15.6. The molecule has 1 aromatic heterocycles. The minimum Gasteiger partial charge on any atom is -0.369 e. The number of hydrogen-bond acceptors (Lipinski definition) is 6. The monoisotopic (exact) mass is 283 g/mol. The van der Waals surface area contributed by atoms with Crippen LogP contribution in [-0.4, -0.2) is 59.0 Å². The van der Waals surface area contributed by atoms with E-state index < -0.39 is 0 Å². The Kier molecular flexibility index (Phi) is 4.31. The third kappa shape index (κ3) is 3.40. The number of aromatic nitrogens is 2. The maximum absolute atomic E-state index is 11.7. The molecule has 1 aliphatic heterocycles. The van der Waals surface area contributed by atoms with E-state index in [1.54, 1.807) is 0 Å². The van der Waals surface area contributed by atoms with Gasteiger partial charge in [0.1, 0.15) is 5.82 Å². The summed E-state index contributed by atoms with van der Waals surface area (Å²) in [6.45, 7) is 2.62. The molecule has 0 aliphatic carbocycles. The zero-order valence-corrected chi connectivity index (χ0v) is 11.6. The number of thioether (sulfide) groups is 1. The Morgan fingerprint density at radius 3 is 2.74 bits per heavy atom. The van der Waals surface area contributed by atoms with Crippen molar-refractivity contribution in [3.63, 3.8) is 0 Å². The van der Waals surface area contributed by atoms with Gasteiger partial charge in [0.2, 0.25) is 11.9 Å². The summed E-state index contributed by atoms with van der Waals surface area (Å²) in [6.07, 6.45) is 1.91. The largest absolute Gasteiger partial charge is 0.369 e. The molecule has 1 fully saturated rings. The minimum atomic E-state index is -0.261. The topological polar surface area (TPSA) is 95.3 Å². The standard InChI is InChI=1S/C11H17N5O2S/c1-19-7-10(18)16-4-2-15(3-5-16)8-6-9(17)14-11(12)13-8/h6H,2-5,7H2,1H3,(H3,12,13,14,17). The van der Waals surface area contributed by atoms with Crippen molar-refractivity contribution in [3.05, 3.63) is 16.4 Å². The van der Waals surface area contributed by atoms with E-state index >= 15 is 0 Å². The maximum atomic E-state index is 11.7. The zero-order valence-electron chi connectivity index (χ0n) is 10.8. The molecule has 0 radical (unpaired) electrons. The summed E-state index contributed by atoms with van der Waals surface area (Å²) >= 11 is 1.53. The minimum absolute atomic E-state index is 0.114. The van der Waals surface area contributed by atoms with Crippen LogP contribution in [0.1, 0.15) is 0 Å². The number of aromatic amines is 1. The molecule has 1 saturated heterocycles. The second-order valence-corrected chi connectivity index (χ2v) is 5.16. The molecule has 2 heterocycles. The highest BCUT2D eigenvalue weighted by Crippen LogP contribution is 2.12. The molecule has 1 amide bonds. The lowest BCUT2D eigenvalue weighted by molar-refractivity contribution is -0.128. The number of H-pyrrole nitrogens is 1. The van der Waals surface area contributed by atoms with Gasteiger partial charge >= 0.3 is 0 Å². The van der Waals surface area contributed by atoms with Gasteiger partial charge in [0.15, 0.2) is 0 Å². The van der Waals surface area contributed by atoms with E-state index in [-0.39, 0.29) is 17.4 Å². The smallest absolute Gasteiger partial charge is 0.254 e. The highest BCUT2D eigenvalue weighted by atomic mass is 32.2. The SMILES string of the molecule is CSCC(=O)N1CCN(c2cc(=O)[nH]c(N)n2)CC1. The zero-order chi connectivity index (χ0) is 13.8. The number of piperazine rings is 1. The summed E-state index contributed by atoms with van der Waals surface area (Å²) in [4.78, 5) is 33.4. The number of carbonyl (C=O) groups excluding carboxylic acids is 1. The summed E-state index contributed by atoms with van der Waals surface area (Å²) in [7, 11) is 0. The van der Waals surface area contributed by atoms with Crippen molar-refractivity contribution in [2.45, 2.75) is 0 Å². The van der Waals surface area contributed by atoms with Crippen molar-refractivity contribution < 1.29 is 4.79 Å². The van der Waals surface area contributed by atoms with Crippen LogP contribution in [0.4, 0.5) is 11.8 Å². The van der Waals surface area contributed by atoms with Crippen LogP contribution in [0.3, 0.4) is 0 Å². The molecule has 0 spiro atoms. The average molecular weight is 283 g/mol. The number of carbonyl (C=O) groups is 1. The fourth-order valence-corrected chi connectivity index (χ4v) is 2.45. The van der Waals surface area contributed by atoms with Gasteiger partial charge in [-0.1, -0.05) is 0 Å². The maximum Gasteiger partial charge on any atom is 0.254 e. The van der Waals surface area contributed by atoms with Crippen LogP contribution >= 0.6 is 11.8 Å².